The number of carboxylic acids is 3. The quantitative estimate of drug-likeness (QED) is 0.481. The fourth-order valence-electron chi connectivity index (χ4n) is 0.542. The van der Waals surface area contributed by atoms with Crippen molar-refractivity contribution in [2.75, 3.05) is 13.6 Å². The molecule has 0 spiro atoms. The van der Waals surface area contributed by atoms with E-state index in [0.29, 0.717) is 0 Å². The van der Waals surface area contributed by atoms with Crippen molar-refractivity contribution in [3.63, 3.8) is 0 Å². The van der Waals surface area contributed by atoms with Gasteiger partial charge in [-0.05, 0) is 13.5 Å². The Morgan fingerprint density at radius 2 is 1.33 bits per heavy atom. The van der Waals surface area contributed by atoms with Crippen LogP contribution in [0.25, 0.3) is 0 Å². The van der Waals surface area contributed by atoms with Crippen LogP contribution in [0.1, 0.15) is 19.3 Å². The van der Waals surface area contributed by atoms with Crippen molar-refractivity contribution in [3.8, 4) is 0 Å². The van der Waals surface area contributed by atoms with Crippen molar-refractivity contribution in [1.82, 2.24) is 5.32 Å². The molecule has 0 aliphatic heterocycles. The highest BCUT2D eigenvalue weighted by molar-refractivity contribution is 5.70. The number of likely N-dealkylation sites (N-methyl/N-ethyl adjacent to an activating group) is 1. The van der Waals surface area contributed by atoms with Crippen LogP contribution in [0, 0.1) is 0 Å². The average Bonchev–Trinajstić information content (AvgIpc) is 2.03. The molecule has 7 heteroatoms. The van der Waals surface area contributed by atoms with Gasteiger partial charge in [-0.3, -0.25) is 14.4 Å². The molecule has 0 rings (SSSR count). The van der Waals surface area contributed by atoms with Crippen LogP contribution in [0.15, 0.2) is 0 Å². The Kier molecular flexibility index (Phi) is 11.0. The summed E-state index contributed by atoms with van der Waals surface area (Å²) in [6.07, 6.45) is 0.0866. The number of carboxylic acid groups (broad SMARTS) is 3. The molecule has 4 N–H and O–H groups in total. The largest absolute Gasteiger partial charge is 0.481 e. The predicted molar refractivity (Wildman–Crippen MR) is 50.7 cm³/mol. The van der Waals surface area contributed by atoms with Crippen molar-refractivity contribution in [2.24, 2.45) is 0 Å². The van der Waals surface area contributed by atoms with Gasteiger partial charge >= 0.3 is 17.9 Å². The summed E-state index contributed by atoms with van der Waals surface area (Å²) in [5.74, 6) is -2.72. The minimum Gasteiger partial charge on any atom is -0.481 e. The molecule has 0 saturated heterocycles. The molecule has 0 radical (unpaired) electrons. The molecule has 88 valence electrons. The van der Waals surface area contributed by atoms with E-state index in [2.05, 4.69) is 5.32 Å². The number of aliphatic carboxylic acids is 3. The minimum absolute atomic E-state index is 0.0417. The van der Waals surface area contributed by atoms with Gasteiger partial charge in [0, 0.05) is 12.8 Å². The summed E-state index contributed by atoms with van der Waals surface area (Å²) in [6.45, 7) is 0.0417. The van der Waals surface area contributed by atoms with E-state index in [0.717, 1.165) is 0 Å². The maximum atomic E-state index is 9.79. The number of rotatable bonds is 6. The zero-order valence-corrected chi connectivity index (χ0v) is 8.39. The first-order valence-electron chi connectivity index (χ1n) is 4.20. The standard InChI is InChI=1S/C5H8O4.C3H7NO2/c6-4(7)2-1-3-5(8)9;1-4-2-3(5)6/h1-3H2,(H,6,7)(H,8,9);4H,2H2,1H3,(H,5,6). The second-order valence-corrected chi connectivity index (χ2v) is 2.57. The van der Waals surface area contributed by atoms with Gasteiger partial charge in [0.1, 0.15) is 0 Å². The number of nitrogens with one attached hydrogen (secondary N) is 1. The summed E-state index contributed by atoms with van der Waals surface area (Å²) in [4.78, 5) is 29.1. The van der Waals surface area contributed by atoms with E-state index < -0.39 is 17.9 Å². The Labute approximate surface area is 86.7 Å². The summed E-state index contributed by atoms with van der Waals surface area (Å²) in [7, 11) is 1.59. The molecule has 15 heavy (non-hydrogen) atoms. The fraction of sp³-hybridized carbons (Fsp3) is 0.625. The maximum absolute atomic E-state index is 9.79. The molecular weight excluding hydrogens is 206 g/mol. The Bertz CT molecular complexity index is 201. The molecule has 0 atom stereocenters. The first kappa shape index (κ1) is 15.8. The van der Waals surface area contributed by atoms with Gasteiger partial charge in [0.2, 0.25) is 0 Å². The van der Waals surface area contributed by atoms with Gasteiger partial charge in [0.05, 0.1) is 6.54 Å². The molecular formula is C8H15NO6. The van der Waals surface area contributed by atoms with Gasteiger partial charge < -0.3 is 20.6 Å². The zero-order chi connectivity index (χ0) is 12.3. The monoisotopic (exact) mass is 221 g/mol. The Hall–Kier alpha value is -1.63. The highest BCUT2D eigenvalue weighted by Gasteiger charge is 1.99. The lowest BCUT2D eigenvalue weighted by molar-refractivity contribution is -0.139. The molecule has 0 unspecified atom stereocenters. The van der Waals surface area contributed by atoms with Crippen molar-refractivity contribution in [2.45, 2.75) is 19.3 Å². The normalized spacial score (nSPS) is 8.60. The molecule has 0 saturated carbocycles. The maximum Gasteiger partial charge on any atom is 0.317 e. The highest BCUT2D eigenvalue weighted by Crippen LogP contribution is 1.93. The first-order chi connectivity index (χ1) is 6.90. The molecule has 0 aromatic heterocycles. The van der Waals surface area contributed by atoms with E-state index in [4.69, 9.17) is 15.3 Å². The predicted octanol–water partition coefficient (Wildman–Crippen LogP) is -0.384. The lowest BCUT2D eigenvalue weighted by Gasteiger charge is -1.89. The average molecular weight is 221 g/mol. The highest BCUT2D eigenvalue weighted by atomic mass is 16.4. The lowest BCUT2D eigenvalue weighted by Crippen LogP contribution is -2.16. The van der Waals surface area contributed by atoms with Crippen LogP contribution in [0.3, 0.4) is 0 Å². The lowest BCUT2D eigenvalue weighted by atomic mass is 10.2. The zero-order valence-electron chi connectivity index (χ0n) is 8.39. The van der Waals surface area contributed by atoms with Crippen LogP contribution < -0.4 is 5.32 Å². The van der Waals surface area contributed by atoms with Crippen LogP contribution in [0.2, 0.25) is 0 Å². The van der Waals surface area contributed by atoms with Crippen molar-refractivity contribution < 1.29 is 29.7 Å². The first-order valence-corrected chi connectivity index (χ1v) is 4.20. The Morgan fingerprint density at radius 1 is 0.933 bits per heavy atom. The van der Waals surface area contributed by atoms with Gasteiger partial charge in [-0.1, -0.05) is 0 Å². The Balaban J connectivity index is 0. The van der Waals surface area contributed by atoms with Crippen molar-refractivity contribution >= 4 is 17.9 Å². The van der Waals surface area contributed by atoms with Gasteiger partial charge in [-0.2, -0.15) is 0 Å². The number of hydrogen-bond donors (Lipinski definition) is 4. The number of carbonyl (C=O) groups is 3. The third kappa shape index (κ3) is 24.5. The van der Waals surface area contributed by atoms with Gasteiger partial charge in [-0.15, -0.1) is 0 Å². The third-order valence-corrected chi connectivity index (χ3v) is 1.11. The SMILES string of the molecule is CNCC(=O)O.O=C(O)CCCC(=O)O. The van der Waals surface area contributed by atoms with Crippen LogP contribution in [0.4, 0.5) is 0 Å². The molecule has 0 aliphatic rings. The van der Waals surface area contributed by atoms with E-state index in [1.807, 2.05) is 0 Å². The molecule has 7 nitrogen and oxygen atoms in total. The van der Waals surface area contributed by atoms with E-state index in [1.54, 1.807) is 7.05 Å². The molecule has 0 aromatic carbocycles. The smallest absolute Gasteiger partial charge is 0.317 e. The molecule has 0 amide bonds. The molecule has 0 fully saturated rings. The molecule has 0 heterocycles. The second-order valence-electron chi connectivity index (χ2n) is 2.57. The van der Waals surface area contributed by atoms with Crippen molar-refractivity contribution in [1.29, 1.82) is 0 Å². The summed E-state index contributed by atoms with van der Waals surface area (Å²) in [5.41, 5.74) is 0. The summed E-state index contributed by atoms with van der Waals surface area (Å²) in [6, 6.07) is 0. The van der Waals surface area contributed by atoms with Crippen molar-refractivity contribution in [3.05, 3.63) is 0 Å². The minimum atomic E-state index is -0.948. The van der Waals surface area contributed by atoms with Gasteiger partial charge in [0.25, 0.3) is 0 Å². The van der Waals surface area contributed by atoms with E-state index >= 15 is 0 Å². The van der Waals surface area contributed by atoms with E-state index in [-0.39, 0.29) is 25.8 Å². The second kappa shape index (κ2) is 10.5. The van der Waals surface area contributed by atoms with Gasteiger partial charge in [-0.25, -0.2) is 0 Å². The Morgan fingerprint density at radius 3 is 1.47 bits per heavy atom. The van der Waals surface area contributed by atoms with E-state index in [9.17, 15) is 14.4 Å². The molecule has 0 bridgehead atoms. The van der Waals surface area contributed by atoms with Crippen LogP contribution in [-0.2, 0) is 14.4 Å². The van der Waals surface area contributed by atoms with Crippen LogP contribution in [-0.4, -0.2) is 46.8 Å². The summed E-state index contributed by atoms with van der Waals surface area (Å²) < 4.78 is 0. The molecule has 0 aromatic rings. The summed E-state index contributed by atoms with van der Waals surface area (Å²) >= 11 is 0. The van der Waals surface area contributed by atoms with Crippen LogP contribution >= 0.6 is 0 Å². The topological polar surface area (TPSA) is 124 Å². The van der Waals surface area contributed by atoms with Gasteiger partial charge in [0.15, 0.2) is 0 Å². The summed E-state index contributed by atoms with van der Waals surface area (Å²) in [5, 5.41) is 26.4. The van der Waals surface area contributed by atoms with E-state index in [1.165, 1.54) is 0 Å². The molecule has 0 aliphatic carbocycles. The van der Waals surface area contributed by atoms with Crippen LogP contribution in [0.5, 0.6) is 0 Å². The number of hydrogen-bond acceptors (Lipinski definition) is 4. The third-order valence-electron chi connectivity index (χ3n) is 1.11. The fourth-order valence-corrected chi connectivity index (χ4v) is 0.542.